The number of hydrogen-bond donors (Lipinski definition) is 3. The zero-order valence-corrected chi connectivity index (χ0v) is 12.2. The van der Waals surface area contributed by atoms with Gasteiger partial charge in [0.25, 0.3) is 0 Å². The van der Waals surface area contributed by atoms with Gasteiger partial charge in [-0.25, -0.2) is 0 Å². The van der Waals surface area contributed by atoms with Crippen LogP contribution in [0.1, 0.15) is 18.4 Å². The SMILES string of the molecule is COc1cccc(CNC(=O)[C@@H](N)CCC(N)=O)c1OC. The van der Waals surface area contributed by atoms with E-state index in [4.69, 9.17) is 20.9 Å². The highest BCUT2D eigenvalue weighted by Crippen LogP contribution is 2.30. The number of carbonyl (C=O) groups is 2. The van der Waals surface area contributed by atoms with Crippen LogP contribution in [0.5, 0.6) is 11.5 Å². The van der Waals surface area contributed by atoms with Crippen LogP contribution in [-0.4, -0.2) is 32.1 Å². The Morgan fingerprint density at radius 2 is 2.00 bits per heavy atom. The Morgan fingerprint density at radius 3 is 2.57 bits per heavy atom. The fourth-order valence-electron chi connectivity index (χ4n) is 1.84. The number of primary amides is 1. The minimum Gasteiger partial charge on any atom is -0.493 e. The van der Waals surface area contributed by atoms with E-state index in [1.807, 2.05) is 6.07 Å². The maximum atomic E-state index is 11.8. The number of para-hydroxylation sites is 1. The van der Waals surface area contributed by atoms with Crippen molar-refractivity contribution in [1.29, 1.82) is 0 Å². The lowest BCUT2D eigenvalue weighted by Gasteiger charge is -2.15. The molecule has 2 amide bonds. The summed E-state index contributed by atoms with van der Waals surface area (Å²) in [4.78, 5) is 22.5. The molecule has 0 saturated carbocycles. The molecule has 0 radical (unpaired) electrons. The van der Waals surface area contributed by atoms with Gasteiger partial charge in [0.15, 0.2) is 11.5 Å². The molecular formula is C14H21N3O4. The van der Waals surface area contributed by atoms with Crippen molar-refractivity contribution in [3.8, 4) is 11.5 Å². The van der Waals surface area contributed by atoms with Gasteiger partial charge in [-0.2, -0.15) is 0 Å². The van der Waals surface area contributed by atoms with Crippen molar-refractivity contribution in [1.82, 2.24) is 5.32 Å². The van der Waals surface area contributed by atoms with Crippen molar-refractivity contribution in [3.63, 3.8) is 0 Å². The van der Waals surface area contributed by atoms with Gasteiger partial charge < -0.3 is 26.3 Å². The summed E-state index contributed by atoms with van der Waals surface area (Å²) in [6, 6.07) is 4.61. The molecule has 116 valence electrons. The number of carbonyl (C=O) groups excluding carboxylic acids is 2. The Balaban J connectivity index is 2.62. The molecule has 0 aliphatic carbocycles. The van der Waals surface area contributed by atoms with Gasteiger partial charge in [0.05, 0.1) is 20.3 Å². The molecule has 0 bridgehead atoms. The molecule has 1 aromatic rings. The average molecular weight is 295 g/mol. The Hall–Kier alpha value is -2.28. The summed E-state index contributed by atoms with van der Waals surface area (Å²) in [5.41, 5.74) is 11.5. The summed E-state index contributed by atoms with van der Waals surface area (Å²) in [5.74, 6) is 0.321. The van der Waals surface area contributed by atoms with Crippen LogP contribution < -0.4 is 26.3 Å². The lowest BCUT2D eigenvalue weighted by molar-refractivity contribution is -0.123. The van der Waals surface area contributed by atoms with E-state index < -0.39 is 11.9 Å². The van der Waals surface area contributed by atoms with E-state index in [0.717, 1.165) is 5.56 Å². The average Bonchev–Trinajstić information content (AvgIpc) is 2.49. The molecule has 1 aromatic carbocycles. The molecule has 0 fully saturated rings. The molecule has 0 aliphatic heterocycles. The van der Waals surface area contributed by atoms with Crippen LogP contribution in [0.15, 0.2) is 18.2 Å². The summed E-state index contributed by atoms with van der Waals surface area (Å²) in [6.07, 6.45) is 0.299. The van der Waals surface area contributed by atoms with Crippen molar-refractivity contribution in [2.24, 2.45) is 11.5 Å². The molecule has 0 saturated heterocycles. The lowest BCUT2D eigenvalue weighted by atomic mass is 10.1. The third kappa shape index (κ3) is 4.96. The normalized spacial score (nSPS) is 11.6. The van der Waals surface area contributed by atoms with E-state index in [0.29, 0.717) is 11.5 Å². The van der Waals surface area contributed by atoms with Crippen molar-refractivity contribution < 1.29 is 19.1 Å². The predicted octanol–water partition coefficient (Wildman–Crippen LogP) is -0.0872. The molecule has 7 nitrogen and oxygen atoms in total. The van der Waals surface area contributed by atoms with Gasteiger partial charge >= 0.3 is 0 Å². The first kappa shape index (κ1) is 16.8. The molecule has 21 heavy (non-hydrogen) atoms. The summed E-state index contributed by atoms with van der Waals surface area (Å²) < 4.78 is 10.5. The van der Waals surface area contributed by atoms with E-state index in [1.54, 1.807) is 19.2 Å². The fraction of sp³-hybridized carbons (Fsp3) is 0.429. The van der Waals surface area contributed by atoms with Crippen LogP contribution in [0.2, 0.25) is 0 Å². The standard InChI is InChI=1S/C14H21N3O4/c1-20-11-5-3-4-9(13(11)21-2)8-17-14(19)10(15)6-7-12(16)18/h3-5,10H,6-8,15H2,1-2H3,(H2,16,18)(H,17,19)/t10-/m0/s1. The van der Waals surface area contributed by atoms with Gasteiger partial charge in [-0.3, -0.25) is 9.59 Å². The van der Waals surface area contributed by atoms with Crippen molar-refractivity contribution in [3.05, 3.63) is 23.8 Å². The molecule has 1 rings (SSSR count). The Bertz CT molecular complexity index is 505. The van der Waals surface area contributed by atoms with Gasteiger partial charge in [0.2, 0.25) is 11.8 Å². The predicted molar refractivity (Wildman–Crippen MR) is 77.8 cm³/mol. The highest BCUT2D eigenvalue weighted by Gasteiger charge is 2.15. The molecule has 0 unspecified atom stereocenters. The highest BCUT2D eigenvalue weighted by molar-refractivity contribution is 5.82. The van der Waals surface area contributed by atoms with Gasteiger partial charge in [0.1, 0.15) is 0 Å². The number of nitrogens with two attached hydrogens (primary N) is 2. The second-order valence-corrected chi connectivity index (χ2v) is 4.48. The molecule has 1 atom stereocenters. The van der Waals surface area contributed by atoms with Crippen LogP contribution in [-0.2, 0) is 16.1 Å². The van der Waals surface area contributed by atoms with Gasteiger partial charge in [-0.1, -0.05) is 12.1 Å². The number of amides is 2. The lowest BCUT2D eigenvalue weighted by Crippen LogP contribution is -2.40. The minimum atomic E-state index is -0.769. The van der Waals surface area contributed by atoms with E-state index >= 15 is 0 Å². The van der Waals surface area contributed by atoms with Gasteiger partial charge in [0, 0.05) is 18.5 Å². The smallest absolute Gasteiger partial charge is 0.237 e. The molecule has 0 aliphatic rings. The largest absolute Gasteiger partial charge is 0.493 e. The molecule has 0 spiro atoms. The second kappa shape index (κ2) is 8.11. The summed E-state index contributed by atoms with van der Waals surface area (Å²) in [6.45, 7) is 0.253. The summed E-state index contributed by atoms with van der Waals surface area (Å²) >= 11 is 0. The van der Waals surface area contributed by atoms with E-state index in [9.17, 15) is 9.59 Å². The van der Waals surface area contributed by atoms with Crippen molar-refractivity contribution in [2.45, 2.75) is 25.4 Å². The number of benzene rings is 1. The van der Waals surface area contributed by atoms with Crippen LogP contribution in [0, 0.1) is 0 Å². The zero-order chi connectivity index (χ0) is 15.8. The third-order valence-electron chi connectivity index (χ3n) is 2.98. The van der Waals surface area contributed by atoms with Crippen LogP contribution in [0.25, 0.3) is 0 Å². The van der Waals surface area contributed by atoms with Crippen molar-refractivity contribution in [2.75, 3.05) is 14.2 Å². The number of methoxy groups -OCH3 is 2. The quantitative estimate of drug-likeness (QED) is 0.620. The van der Waals surface area contributed by atoms with E-state index in [-0.39, 0.29) is 25.3 Å². The maximum absolute atomic E-state index is 11.8. The van der Waals surface area contributed by atoms with Crippen molar-refractivity contribution >= 4 is 11.8 Å². The Morgan fingerprint density at radius 1 is 1.29 bits per heavy atom. The first-order chi connectivity index (χ1) is 9.99. The van der Waals surface area contributed by atoms with Crippen LogP contribution in [0.3, 0.4) is 0 Å². The number of rotatable bonds is 8. The third-order valence-corrected chi connectivity index (χ3v) is 2.98. The topological polar surface area (TPSA) is 117 Å². The molecule has 7 heteroatoms. The molecule has 0 aromatic heterocycles. The summed E-state index contributed by atoms with van der Waals surface area (Å²) in [7, 11) is 3.07. The van der Waals surface area contributed by atoms with Crippen LogP contribution >= 0.6 is 0 Å². The zero-order valence-electron chi connectivity index (χ0n) is 12.2. The van der Waals surface area contributed by atoms with E-state index in [1.165, 1.54) is 7.11 Å². The molecule has 5 N–H and O–H groups in total. The number of nitrogens with one attached hydrogen (secondary N) is 1. The van der Waals surface area contributed by atoms with Crippen LogP contribution in [0.4, 0.5) is 0 Å². The van der Waals surface area contributed by atoms with E-state index in [2.05, 4.69) is 5.32 Å². The maximum Gasteiger partial charge on any atom is 0.237 e. The number of hydrogen-bond acceptors (Lipinski definition) is 5. The first-order valence-electron chi connectivity index (χ1n) is 6.51. The Kier molecular flexibility index (Phi) is 6.48. The fourth-order valence-corrected chi connectivity index (χ4v) is 1.84. The second-order valence-electron chi connectivity index (χ2n) is 4.48. The minimum absolute atomic E-state index is 0.0804. The Labute approximate surface area is 123 Å². The highest BCUT2D eigenvalue weighted by atomic mass is 16.5. The first-order valence-corrected chi connectivity index (χ1v) is 6.51. The summed E-state index contributed by atoms with van der Waals surface area (Å²) in [5, 5.41) is 2.70. The molecule has 0 heterocycles. The number of ether oxygens (including phenoxy) is 2. The monoisotopic (exact) mass is 295 g/mol. The molecular weight excluding hydrogens is 274 g/mol. The van der Waals surface area contributed by atoms with Gasteiger partial charge in [-0.15, -0.1) is 0 Å². The van der Waals surface area contributed by atoms with Gasteiger partial charge in [-0.05, 0) is 12.5 Å².